The maximum absolute atomic E-state index is 14.0. The molecule has 0 saturated heterocycles. The number of halogens is 2. The number of carbonyl (C=O) groups is 2. The number of ether oxygens (including phenoxy) is 2. The lowest BCUT2D eigenvalue weighted by atomic mass is 10.1. The molecule has 0 rings (SSSR count). The van der Waals surface area contributed by atoms with Crippen molar-refractivity contribution >= 4 is 19.9 Å². The molecule has 0 fully saturated rings. The fourth-order valence-corrected chi connectivity index (χ4v) is 6.13. The Morgan fingerprint density at radius 2 is 0.900 bits per heavy atom. The Kier molecular flexibility index (Phi) is 32.5. The maximum atomic E-state index is 14.0. The molecule has 0 saturated carbocycles. The third kappa shape index (κ3) is 31.3. The van der Waals surface area contributed by atoms with Gasteiger partial charge in [0.1, 0.15) is 12.7 Å². The van der Waals surface area contributed by atoms with Gasteiger partial charge in [-0.2, -0.15) is 8.78 Å². The summed E-state index contributed by atoms with van der Waals surface area (Å²) in [6, 6.07) is 0. The number of carbonyl (C=O) groups excluding carboxylic acids is 2. The van der Waals surface area contributed by atoms with Crippen LogP contribution in [0.25, 0.3) is 0 Å². The van der Waals surface area contributed by atoms with Gasteiger partial charge in [-0.25, -0.2) is 0 Å². The van der Waals surface area contributed by atoms with Crippen molar-refractivity contribution in [3.63, 3.8) is 0 Å². The monoisotopic (exact) mass is 732 g/mol. The van der Waals surface area contributed by atoms with E-state index >= 15 is 0 Å². The van der Waals surface area contributed by atoms with E-state index in [1.807, 2.05) is 0 Å². The fraction of sp³-hybridized carbons (Fsp3) is 0.850. The maximum Gasteiger partial charge on any atom is 0.340 e. The predicted octanol–water partition coefficient (Wildman–Crippen LogP) is 10.3. The first kappa shape index (κ1) is 48.6. The number of alkyl halides is 2. The highest BCUT2D eigenvalue weighted by molar-refractivity contribution is 7.55. The summed E-state index contributed by atoms with van der Waals surface area (Å²) in [5.74, 6) is -1.43. The zero-order valence-electron chi connectivity index (χ0n) is 31.7. The fourth-order valence-electron chi connectivity index (χ4n) is 5.70. The van der Waals surface area contributed by atoms with E-state index in [9.17, 15) is 33.1 Å². The average Bonchev–Trinajstić information content (AvgIpc) is 3.06. The van der Waals surface area contributed by atoms with Crippen molar-refractivity contribution in [1.29, 1.82) is 0 Å². The number of unbranched alkanes of at least 4 members (excludes halogenated alkanes) is 22. The molecule has 7 nitrogen and oxygen atoms in total. The Bertz CT molecular complexity index is 861. The predicted molar refractivity (Wildman–Crippen MR) is 196 cm³/mol. The van der Waals surface area contributed by atoms with Crippen molar-refractivity contribution in [2.45, 2.75) is 212 Å². The van der Waals surface area contributed by atoms with Gasteiger partial charge in [0, 0.05) is 12.8 Å². The van der Waals surface area contributed by atoms with Crippen LogP contribution in [0.3, 0.4) is 0 Å². The molecule has 50 heavy (non-hydrogen) atoms. The van der Waals surface area contributed by atoms with Gasteiger partial charge in [-0.3, -0.25) is 9.59 Å². The summed E-state index contributed by atoms with van der Waals surface area (Å²) >= 11 is 0. The molecule has 0 aliphatic rings. The minimum atomic E-state index is -6.29. The van der Waals surface area contributed by atoms with E-state index in [1.165, 1.54) is 77.0 Å². The largest absolute Gasteiger partial charge is 0.683 e. The number of esters is 2. The summed E-state index contributed by atoms with van der Waals surface area (Å²) in [5, 5.41) is 0. The Balaban J connectivity index is 4.19. The van der Waals surface area contributed by atoms with Crippen molar-refractivity contribution in [2.75, 3.05) is 6.61 Å². The summed E-state index contributed by atoms with van der Waals surface area (Å²) < 4.78 is 38.2. The van der Waals surface area contributed by atoms with Gasteiger partial charge in [0.15, 0.2) is 0 Å². The molecule has 0 amide bonds. The Morgan fingerprint density at radius 1 is 0.560 bits per heavy atom. The highest BCUT2D eigenvalue weighted by Crippen LogP contribution is 2.51. The second-order valence-corrected chi connectivity index (χ2v) is 15.5. The lowest BCUT2D eigenvalue weighted by molar-refractivity contribution is -0.447. The molecule has 10 heteroatoms. The summed E-state index contributed by atoms with van der Waals surface area (Å²) in [7, 11) is -6.29. The zero-order chi connectivity index (χ0) is 37.2. The van der Waals surface area contributed by atoms with E-state index in [0.717, 1.165) is 77.0 Å². The SMILES string of the molecule is CCCCCCCC/C=C\CCCCCCCC(=O)OC[C@H](CC(F)(F)[P+]([O-])([O-])[O-])OC(=O)CCCCCCC/C=C\CCCCCCCC. The number of rotatable bonds is 36. The first-order valence-corrected chi connectivity index (χ1v) is 21.6. The molecule has 0 N–H and O–H groups in total. The molecule has 0 aromatic carbocycles. The Labute approximate surface area is 304 Å². The highest BCUT2D eigenvalue weighted by Gasteiger charge is 2.43. The molecule has 294 valence electrons. The van der Waals surface area contributed by atoms with E-state index in [1.54, 1.807) is 0 Å². The average molecular weight is 733 g/mol. The van der Waals surface area contributed by atoms with Gasteiger partial charge in [-0.1, -0.05) is 149 Å². The third-order valence-electron chi connectivity index (χ3n) is 8.89. The highest BCUT2D eigenvalue weighted by atomic mass is 31.2. The van der Waals surface area contributed by atoms with Crippen LogP contribution >= 0.6 is 7.94 Å². The van der Waals surface area contributed by atoms with Crippen LogP contribution in [-0.4, -0.2) is 30.3 Å². The van der Waals surface area contributed by atoms with Crippen LogP contribution < -0.4 is 14.7 Å². The van der Waals surface area contributed by atoms with Crippen LogP contribution in [0.4, 0.5) is 8.78 Å². The summed E-state index contributed by atoms with van der Waals surface area (Å²) in [5.41, 5.74) is -4.63. The summed E-state index contributed by atoms with van der Waals surface area (Å²) in [6.07, 6.45) is 34.4. The van der Waals surface area contributed by atoms with Crippen molar-refractivity contribution in [2.24, 2.45) is 0 Å². The summed E-state index contributed by atoms with van der Waals surface area (Å²) in [6.45, 7) is 3.72. The lowest BCUT2D eigenvalue weighted by Gasteiger charge is -2.47. The minimum absolute atomic E-state index is 0.0322. The van der Waals surface area contributed by atoms with E-state index in [-0.39, 0.29) is 12.8 Å². The molecular formula is C40H71F2O7P-2. The van der Waals surface area contributed by atoms with Crippen molar-refractivity contribution in [3.8, 4) is 0 Å². The minimum Gasteiger partial charge on any atom is -0.683 e. The van der Waals surface area contributed by atoms with Crippen molar-refractivity contribution in [3.05, 3.63) is 24.3 Å². The van der Waals surface area contributed by atoms with Crippen LogP contribution in [0.1, 0.15) is 200 Å². The van der Waals surface area contributed by atoms with Crippen molar-refractivity contribution < 1.29 is 42.5 Å². The van der Waals surface area contributed by atoms with E-state index < -0.39 is 44.7 Å². The molecular weight excluding hydrogens is 661 g/mol. The Morgan fingerprint density at radius 3 is 1.28 bits per heavy atom. The van der Waals surface area contributed by atoms with Gasteiger partial charge in [0.2, 0.25) is 0 Å². The lowest BCUT2D eigenvalue weighted by Crippen LogP contribution is -2.47. The summed E-state index contributed by atoms with van der Waals surface area (Å²) in [4.78, 5) is 57.8. The second-order valence-electron chi connectivity index (χ2n) is 13.8. The van der Waals surface area contributed by atoms with Crippen LogP contribution in [0.5, 0.6) is 0 Å². The molecule has 0 aromatic heterocycles. The molecule has 0 radical (unpaired) electrons. The van der Waals surface area contributed by atoms with E-state index in [2.05, 4.69) is 38.2 Å². The topological polar surface area (TPSA) is 122 Å². The van der Waals surface area contributed by atoms with Gasteiger partial charge >= 0.3 is 17.6 Å². The van der Waals surface area contributed by atoms with Gasteiger partial charge in [-0.15, -0.1) is 0 Å². The molecule has 1 atom stereocenters. The molecule has 0 bridgehead atoms. The molecule has 0 unspecified atom stereocenters. The van der Waals surface area contributed by atoms with Crippen LogP contribution in [0, 0.1) is 0 Å². The quantitative estimate of drug-likeness (QED) is 0.0272. The number of hydrogen-bond acceptors (Lipinski definition) is 7. The second kappa shape index (κ2) is 33.4. The van der Waals surface area contributed by atoms with Gasteiger partial charge in [0.05, 0.1) is 6.42 Å². The molecule has 0 aliphatic carbocycles. The van der Waals surface area contributed by atoms with Gasteiger partial charge < -0.3 is 24.2 Å². The normalized spacial score (nSPS) is 13.0. The van der Waals surface area contributed by atoms with E-state index in [4.69, 9.17) is 9.47 Å². The molecule has 0 aromatic rings. The first-order valence-electron chi connectivity index (χ1n) is 20.1. The van der Waals surface area contributed by atoms with Crippen molar-refractivity contribution in [1.82, 2.24) is 0 Å². The van der Waals surface area contributed by atoms with Crippen LogP contribution in [-0.2, 0) is 19.1 Å². The third-order valence-corrected chi connectivity index (χ3v) is 9.87. The smallest absolute Gasteiger partial charge is 0.340 e. The number of hydrogen-bond donors (Lipinski definition) is 0. The van der Waals surface area contributed by atoms with Gasteiger partial charge in [0.25, 0.3) is 0 Å². The Hall–Kier alpha value is -1.41. The van der Waals surface area contributed by atoms with Crippen LogP contribution in [0.2, 0.25) is 0 Å². The van der Waals surface area contributed by atoms with Crippen LogP contribution in [0.15, 0.2) is 24.3 Å². The standard InChI is InChI=1S/C40H73F2O7P/c1-3-5-7-9-11-13-15-17-19-21-23-25-27-29-31-33-38(43)48-36-37(35-40(41,42)50(45,46)47)49-39(44)34-32-30-28-26-24-22-20-18-16-14-12-10-8-6-4-2/h17-20,37H,3-16,21-36H2,1-2H3,(H2,45,46,47)/p-2/b19-17-,20-18-/t37-/m0/s1. The molecule has 0 aliphatic heterocycles. The zero-order valence-corrected chi connectivity index (χ0v) is 32.6. The first-order chi connectivity index (χ1) is 24.0. The molecule has 0 spiro atoms. The van der Waals surface area contributed by atoms with E-state index in [0.29, 0.717) is 12.8 Å². The molecule has 0 heterocycles. The van der Waals surface area contributed by atoms with Gasteiger partial charge in [-0.05, 0) is 64.2 Å². The number of allylic oxidation sites excluding steroid dienone is 4.